The van der Waals surface area contributed by atoms with Crippen LogP contribution in [0, 0.1) is 12.3 Å². The van der Waals surface area contributed by atoms with E-state index in [1.54, 1.807) is 11.0 Å². The van der Waals surface area contributed by atoms with E-state index in [2.05, 4.69) is 5.32 Å². The molecule has 1 aromatic carbocycles. The molecule has 1 spiro atoms. The molecule has 0 atom stereocenters. The summed E-state index contributed by atoms with van der Waals surface area (Å²) < 4.78 is 5.39. The second kappa shape index (κ2) is 5.48. The summed E-state index contributed by atoms with van der Waals surface area (Å²) in [7, 11) is 0. The normalized spacial score (nSPS) is 19.4. The number of carbonyl (C=O) groups is 2. The maximum atomic E-state index is 12.1. The SMILES string of the molecule is Cc1ccccc1C(=O)NCC(=O)N1CC2(CCOC2)C1. The fourth-order valence-corrected chi connectivity index (χ4v) is 3.03. The van der Waals surface area contributed by atoms with Gasteiger partial charge in [-0.1, -0.05) is 18.2 Å². The van der Waals surface area contributed by atoms with Crippen LogP contribution in [0.3, 0.4) is 0 Å². The molecule has 2 saturated heterocycles. The van der Waals surface area contributed by atoms with E-state index in [-0.39, 0.29) is 23.8 Å². The van der Waals surface area contributed by atoms with Gasteiger partial charge < -0.3 is 15.0 Å². The van der Waals surface area contributed by atoms with Crippen molar-refractivity contribution in [3.63, 3.8) is 0 Å². The van der Waals surface area contributed by atoms with Gasteiger partial charge in [0.1, 0.15) is 0 Å². The summed E-state index contributed by atoms with van der Waals surface area (Å²) in [6, 6.07) is 7.36. The molecule has 0 aromatic heterocycles. The molecule has 2 amide bonds. The summed E-state index contributed by atoms with van der Waals surface area (Å²) in [5, 5.41) is 2.71. The second-order valence-electron chi connectivity index (χ2n) is 6.05. The van der Waals surface area contributed by atoms with Crippen molar-refractivity contribution in [1.82, 2.24) is 10.2 Å². The third-order valence-electron chi connectivity index (χ3n) is 4.38. The van der Waals surface area contributed by atoms with Gasteiger partial charge in [0.25, 0.3) is 5.91 Å². The molecule has 0 radical (unpaired) electrons. The van der Waals surface area contributed by atoms with Crippen molar-refractivity contribution in [3.05, 3.63) is 35.4 Å². The molecule has 1 aromatic rings. The first-order valence-electron chi connectivity index (χ1n) is 7.29. The Kier molecular flexibility index (Phi) is 3.68. The Labute approximate surface area is 124 Å². The molecule has 0 aliphatic carbocycles. The minimum Gasteiger partial charge on any atom is -0.381 e. The zero-order valence-electron chi connectivity index (χ0n) is 12.2. The Morgan fingerprint density at radius 3 is 2.76 bits per heavy atom. The number of benzene rings is 1. The third kappa shape index (κ3) is 2.78. The van der Waals surface area contributed by atoms with Crippen LogP contribution in [0.2, 0.25) is 0 Å². The number of ether oxygens (including phenoxy) is 1. The molecule has 2 aliphatic rings. The fraction of sp³-hybridized carbons (Fsp3) is 0.500. The van der Waals surface area contributed by atoms with E-state index < -0.39 is 0 Å². The molecule has 2 aliphatic heterocycles. The van der Waals surface area contributed by atoms with E-state index in [1.165, 1.54) is 0 Å². The average Bonchev–Trinajstić information content (AvgIpc) is 2.93. The van der Waals surface area contributed by atoms with Crippen LogP contribution in [0.4, 0.5) is 0 Å². The van der Waals surface area contributed by atoms with Crippen LogP contribution in [0.15, 0.2) is 24.3 Å². The van der Waals surface area contributed by atoms with Gasteiger partial charge in [0.05, 0.1) is 13.2 Å². The molecule has 2 heterocycles. The van der Waals surface area contributed by atoms with Crippen LogP contribution in [-0.2, 0) is 9.53 Å². The van der Waals surface area contributed by atoms with Gasteiger partial charge in [-0.05, 0) is 25.0 Å². The quantitative estimate of drug-likeness (QED) is 0.902. The van der Waals surface area contributed by atoms with Gasteiger partial charge in [0, 0.05) is 30.7 Å². The summed E-state index contributed by atoms with van der Waals surface area (Å²) in [6.07, 6.45) is 1.03. The van der Waals surface area contributed by atoms with Gasteiger partial charge in [-0.25, -0.2) is 0 Å². The highest BCUT2D eigenvalue weighted by Crippen LogP contribution is 2.37. The van der Waals surface area contributed by atoms with E-state index in [0.717, 1.165) is 38.3 Å². The molecule has 0 unspecified atom stereocenters. The lowest BCUT2D eigenvalue weighted by atomic mass is 9.79. The molecule has 5 heteroatoms. The molecule has 21 heavy (non-hydrogen) atoms. The second-order valence-corrected chi connectivity index (χ2v) is 6.05. The van der Waals surface area contributed by atoms with Gasteiger partial charge in [0.2, 0.25) is 5.91 Å². The molecule has 0 saturated carbocycles. The van der Waals surface area contributed by atoms with Crippen molar-refractivity contribution >= 4 is 11.8 Å². The number of aryl methyl sites for hydroxylation is 1. The van der Waals surface area contributed by atoms with E-state index in [4.69, 9.17) is 4.74 Å². The summed E-state index contributed by atoms with van der Waals surface area (Å²) >= 11 is 0. The topological polar surface area (TPSA) is 58.6 Å². The lowest BCUT2D eigenvalue weighted by molar-refractivity contribution is -0.142. The van der Waals surface area contributed by atoms with Gasteiger partial charge in [0.15, 0.2) is 0 Å². The number of hydrogen-bond donors (Lipinski definition) is 1. The number of nitrogens with one attached hydrogen (secondary N) is 1. The van der Waals surface area contributed by atoms with Crippen molar-refractivity contribution < 1.29 is 14.3 Å². The predicted octanol–water partition coefficient (Wildman–Crippen LogP) is 0.974. The maximum absolute atomic E-state index is 12.1. The van der Waals surface area contributed by atoms with Crippen molar-refractivity contribution in [2.45, 2.75) is 13.3 Å². The number of hydrogen-bond acceptors (Lipinski definition) is 3. The molecule has 3 rings (SSSR count). The van der Waals surface area contributed by atoms with Crippen LogP contribution >= 0.6 is 0 Å². The van der Waals surface area contributed by atoms with Crippen LogP contribution in [0.25, 0.3) is 0 Å². The molecular weight excluding hydrogens is 268 g/mol. The largest absolute Gasteiger partial charge is 0.381 e. The molecular formula is C16H20N2O3. The van der Waals surface area contributed by atoms with Gasteiger partial charge in [-0.3, -0.25) is 9.59 Å². The number of amides is 2. The minimum absolute atomic E-state index is 0.0190. The summed E-state index contributed by atoms with van der Waals surface area (Å²) in [5.41, 5.74) is 1.72. The van der Waals surface area contributed by atoms with Crippen LogP contribution < -0.4 is 5.32 Å². The smallest absolute Gasteiger partial charge is 0.251 e. The van der Waals surface area contributed by atoms with Crippen molar-refractivity contribution in [3.8, 4) is 0 Å². The highest BCUT2D eigenvalue weighted by Gasteiger charge is 2.47. The summed E-state index contributed by atoms with van der Waals surface area (Å²) in [6.45, 7) is 5.01. The number of likely N-dealkylation sites (tertiary alicyclic amines) is 1. The highest BCUT2D eigenvalue weighted by atomic mass is 16.5. The summed E-state index contributed by atoms with van der Waals surface area (Å²) in [5.74, 6) is -0.213. The lowest BCUT2D eigenvalue weighted by Crippen LogP contribution is -2.60. The standard InChI is InChI=1S/C16H20N2O3/c1-12-4-2-3-5-13(12)15(20)17-8-14(19)18-9-16(10-18)6-7-21-11-16/h2-5H,6-11H2,1H3,(H,17,20). The predicted molar refractivity (Wildman–Crippen MR) is 78.0 cm³/mol. The lowest BCUT2D eigenvalue weighted by Gasteiger charge is -2.47. The molecule has 0 bridgehead atoms. The maximum Gasteiger partial charge on any atom is 0.251 e. The van der Waals surface area contributed by atoms with Gasteiger partial charge in [-0.15, -0.1) is 0 Å². The average molecular weight is 288 g/mol. The number of rotatable bonds is 3. The van der Waals surface area contributed by atoms with E-state index in [0.29, 0.717) is 5.56 Å². The Morgan fingerprint density at radius 1 is 1.33 bits per heavy atom. The number of carbonyl (C=O) groups excluding carboxylic acids is 2. The van der Waals surface area contributed by atoms with Crippen molar-refractivity contribution in [2.24, 2.45) is 5.41 Å². The van der Waals surface area contributed by atoms with Gasteiger partial charge in [-0.2, -0.15) is 0 Å². The van der Waals surface area contributed by atoms with E-state index >= 15 is 0 Å². The van der Waals surface area contributed by atoms with Crippen LogP contribution in [0.1, 0.15) is 22.3 Å². The first-order valence-corrected chi connectivity index (χ1v) is 7.29. The van der Waals surface area contributed by atoms with Crippen LogP contribution in [0.5, 0.6) is 0 Å². The van der Waals surface area contributed by atoms with Crippen molar-refractivity contribution in [1.29, 1.82) is 0 Å². The highest BCUT2D eigenvalue weighted by molar-refractivity contribution is 5.97. The third-order valence-corrected chi connectivity index (χ3v) is 4.38. The number of nitrogens with zero attached hydrogens (tertiary/aromatic N) is 1. The van der Waals surface area contributed by atoms with Gasteiger partial charge >= 0.3 is 0 Å². The van der Waals surface area contributed by atoms with E-state index in [9.17, 15) is 9.59 Å². The summed E-state index contributed by atoms with van der Waals surface area (Å²) in [4.78, 5) is 25.9. The first kappa shape index (κ1) is 14.1. The van der Waals surface area contributed by atoms with E-state index in [1.807, 2.05) is 25.1 Å². The molecule has 1 N–H and O–H groups in total. The molecule has 2 fully saturated rings. The zero-order chi connectivity index (χ0) is 14.9. The monoisotopic (exact) mass is 288 g/mol. The van der Waals surface area contributed by atoms with Crippen molar-refractivity contribution in [2.75, 3.05) is 32.8 Å². The molecule has 112 valence electrons. The Morgan fingerprint density at radius 2 is 2.10 bits per heavy atom. The zero-order valence-corrected chi connectivity index (χ0v) is 12.2. The Bertz CT molecular complexity index is 556. The Hall–Kier alpha value is -1.88. The first-order chi connectivity index (χ1) is 10.1. The Balaban J connectivity index is 1.48. The minimum atomic E-state index is -0.194. The van der Waals surface area contributed by atoms with Crippen LogP contribution in [-0.4, -0.2) is 49.6 Å². The molecule has 5 nitrogen and oxygen atoms in total. The fourth-order valence-electron chi connectivity index (χ4n) is 3.03.